The van der Waals surface area contributed by atoms with E-state index in [1.54, 1.807) is 0 Å². The SMILES string of the molecule is Cc1cscc1C(=O)NCc1ccccc1C#CCN. The van der Waals surface area contributed by atoms with Crippen molar-refractivity contribution in [3.8, 4) is 11.8 Å². The summed E-state index contributed by atoms with van der Waals surface area (Å²) in [5.74, 6) is 5.80. The number of aryl methyl sites for hydroxylation is 1. The molecule has 1 aromatic carbocycles. The van der Waals surface area contributed by atoms with Gasteiger partial charge < -0.3 is 11.1 Å². The summed E-state index contributed by atoms with van der Waals surface area (Å²) in [5, 5.41) is 6.76. The van der Waals surface area contributed by atoms with Gasteiger partial charge in [0.2, 0.25) is 0 Å². The molecule has 0 radical (unpaired) electrons. The molecular weight excluding hydrogens is 268 g/mol. The van der Waals surface area contributed by atoms with Crippen LogP contribution in [0.2, 0.25) is 0 Å². The van der Waals surface area contributed by atoms with Gasteiger partial charge in [0, 0.05) is 17.5 Å². The molecule has 1 heterocycles. The smallest absolute Gasteiger partial charge is 0.252 e. The van der Waals surface area contributed by atoms with Gasteiger partial charge >= 0.3 is 0 Å². The number of rotatable bonds is 3. The van der Waals surface area contributed by atoms with Crippen molar-refractivity contribution < 1.29 is 4.79 Å². The molecule has 4 heteroatoms. The number of carbonyl (C=O) groups excluding carboxylic acids is 1. The average molecular weight is 284 g/mol. The highest BCUT2D eigenvalue weighted by Crippen LogP contribution is 2.14. The molecule has 0 aliphatic carbocycles. The van der Waals surface area contributed by atoms with E-state index in [-0.39, 0.29) is 5.91 Å². The van der Waals surface area contributed by atoms with Crippen LogP contribution in [-0.4, -0.2) is 12.5 Å². The van der Waals surface area contributed by atoms with Crippen molar-refractivity contribution in [2.75, 3.05) is 6.54 Å². The summed E-state index contributed by atoms with van der Waals surface area (Å²) >= 11 is 1.53. The van der Waals surface area contributed by atoms with Crippen molar-refractivity contribution >= 4 is 17.2 Å². The zero-order valence-electron chi connectivity index (χ0n) is 11.3. The second-order valence-electron chi connectivity index (χ2n) is 4.31. The highest BCUT2D eigenvalue weighted by Gasteiger charge is 2.09. The van der Waals surface area contributed by atoms with Crippen LogP contribution < -0.4 is 11.1 Å². The molecule has 102 valence electrons. The van der Waals surface area contributed by atoms with Gasteiger partial charge in [0.25, 0.3) is 5.91 Å². The predicted molar refractivity (Wildman–Crippen MR) is 82.6 cm³/mol. The number of hydrogen-bond donors (Lipinski definition) is 2. The topological polar surface area (TPSA) is 55.1 Å². The molecule has 0 saturated heterocycles. The highest BCUT2D eigenvalue weighted by molar-refractivity contribution is 7.08. The fourth-order valence-corrected chi connectivity index (χ4v) is 2.63. The molecule has 0 bridgehead atoms. The van der Waals surface area contributed by atoms with Gasteiger partial charge in [0.1, 0.15) is 0 Å². The maximum Gasteiger partial charge on any atom is 0.252 e. The van der Waals surface area contributed by atoms with Crippen LogP contribution in [-0.2, 0) is 6.54 Å². The Balaban J connectivity index is 2.08. The van der Waals surface area contributed by atoms with Crippen LogP contribution in [0.4, 0.5) is 0 Å². The molecule has 0 aliphatic rings. The first-order chi connectivity index (χ1) is 9.72. The van der Waals surface area contributed by atoms with Crippen molar-refractivity contribution in [3.63, 3.8) is 0 Å². The minimum atomic E-state index is -0.0506. The molecule has 0 unspecified atom stereocenters. The molecular formula is C16H16N2OS. The van der Waals surface area contributed by atoms with E-state index in [1.807, 2.05) is 41.9 Å². The largest absolute Gasteiger partial charge is 0.348 e. The fraction of sp³-hybridized carbons (Fsp3) is 0.188. The summed E-state index contributed by atoms with van der Waals surface area (Å²) in [7, 11) is 0. The number of amides is 1. The lowest BCUT2D eigenvalue weighted by molar-refractivity contribution is 0.0951. The molecule has 0 atom stereocenters. The molecule has 0 saturated carbocycles. The minimum absolute atomic E-state index is 0.0506. The quantitative estimate of drug-likeness (QED) is 0.850. The van der Waals surface area contributed by atoms with Gasteiger partial charge in [-0.25, -0.2) is 0 Å². The van der Waals surface area contributed by atoms with E-state index >= 15 is 0 Å². The van der Waals surface area contributed by atoms with Crippen LogP contribution in [0.3, 0.4) is 0 Å². The van der Waals surface area contributed by atoms with Gasteiger partial charge in [0.05, 0.1) is 12.1 Å². The van der Waals surface area contributed by atoms with E-state index in [1.165, 1.54) is 11.3 Å². The molecule has 2 rings (SSSR count). The van der Waals surface area contributed by atoms with Crippen LogP contribution in [0.15, 0.2) is 35.0 Å². The maximum atomic E-state index is 12.1. The Morgan fingerprint density at radius 2 is 2.15 bits per heavy atom. The lowest BCUT2D eigenvalue weighted by Gasteiger charge is -2.07. The van der Waals surface area contributed by atoms with Gasteiger partial charge in [-0.05, 0) is 29.5 Å². The Morgan fingerprint density at radius 1 is 1.35 bits per heavy atom. The summed E-state index contributed by atoms with van der Waals surface area (Å²) < 4.78 is 0. The van der Waals surface area contributed by atoms with Crippen LogP contribution >= 0.6 is 11.3 Å². The van der Waals surface area contributed by atoms with Crippen molar-refractivity contribution in [1.82, 2.24) is 5.32 Å². The van der Waals surface area contributed by atoms with Gasteiger partial charge in [-0.1, -0.05) is 30.0 Å². The van der Waals surface area contributed by atoms with E-state index in [9.17, 15) is 4.79 Å². The Kier molecular flexibility index (Phi) is 4.94. The normalized spacial score (nSPS) is 9.70. The zero-order valence-corrected chi connectivity index (χ0v) is 12.1. The molecule has 1 amide bonds. The first-order valence-corrected chi connectivity index (χ1v) is 7.24. The lowest BCUT2D eigenvalue weighted by Crippen LogP contribution is -2.23. The first kappa shape index (κ1) is 14.3. The molecule has 3 nitrogen and oxygen atoms in total. The van der Waals surface area contributed by atoms with Crippen molar-refractivity contribution in [2.24, 2.45) is 5.73 Å². The number of hydrogen-bond acceptors (Lipinski definition) is 3. The number of nitrogens with one attached hydrogen (secondary N) is 1. The molecule has 3 N–H and O–H groups in total. The van der Waals surface area contributed by atoms with Crippen LogP contribution in [0.1, 0.15) is 27.0 Å². The molecule has 0 fully saturated rings. The van der Waals surface area contributed by atoms with E-state index in [4.69, 9.17) is 5.73 Å². The first-order valence-electron chi connectivity index (χ1n) is 6.30. The summed E-state index contributed by atoms with van der Waals surface area (Å²) in [5.41, 5.74) is 9.03. The van der Waals surface area contributed by atoms with Crippen molar-refractivity contribution in [2.45, 2.75) is 13.5 Å². The van der Waals surface area contributed by atoms with E-state index in [0.29, 0.717) is 13.1 Å². The Hall–Kier alpha value is -2.09. The number of nitrogens with two attached hydrogens (primary N) is 1. The van der Waals surface area contributed by atoms with Crippen LogP contribution in [0, 0.1) is 18.8 Å². The van der Waals surface area contributed by atoms with Gasteiger partial charge in [-0.2, -0.15) is 11.3 Å². The van der Waals surface area contributed by atoms with Gasteiger partial charge in [-0.3, -0.25) is 4.79 Å². The van der Waals surface area contributed by atoms with Gasteiger partial charge in [-0.15, -0.1) is 0 Å². The van der Waals surface area contributed by atoms with Gasteiger partial charge in [0.15, 0.2) is 0 Å². The Bertz CT molecular complexity index is 664. The molecule has 2 aromatic rings. The number of thiophene rings is 1. The van der Waals surface area contributed by atoms with E-state index < -0.39 is 0 Å². The Labute approximate surface area is 122 Å². The van der Waals surface area contributed by atoms with Crippen LogP contribution in [0.25, 0.3) is 0 Å². The molecule has 1 aromatic heterocycles. The van der Waals surface area contributed by atoms with Crippen molar-refractivity contribution in [3.05, 3.63) is 57.3 Å². The summed E-state index contributed by atoms with van der Waals surface area (Å²) in [4.78, 5) is 12.1. The van der Waals surface area contributed by atoms with Crippen molar-refractivity contribution in [1.29, 1.82) is 0 Å². The molecule has 0 aliphatic heterocycles. The molecule has 20 heavy (non-hydrogen) atoms. The summed E-state index contributed by atoms with van der Waals surface area (Å²) in [6, 6.07) is 7.75. The summed E-state index contributed by atoms with van der Waals surface area (Å²) in [6.07, 6.45) is 0. The fourth-order valence-electron chi connectivity index (χ4n) is 1.81. The third kappa shape index (κ3) is 3.47. The summed E-state index contributed by atoms with van der Waals surface area (Å²) in [6.45, 7) is 2.73. The average Bonchev–Trinajstić information content (AvgIpc) is 2.89. The lowest BCUT2D eigenvalue weighted by atomic mass is 10.1. The standard InChI is InChI=1S/C16H16N2OS/c1-12-10-20-11-15(12)16(19)18-9-14-6-3-2-5-13(14)7-4-8-17/h2-3,5-6,10-11H,8-9,17H2,1H3,(H,18,19). The van der Waals surface area contributed by atoms with E-state index in [2.05, 4.69) is 17.2 Å². The predicted octanol–water partition coefficient (Wildman–Crippen LogP) is 2.30. The zero-order chi connectivity index (χ0) is 14.4. The number of benzene rings is 1. The maximum absolute atomic E-state index is 12.1. The Morgan fingerprint density at radius 3 is 2.85 bits per heavy atom. The number of carbonyl (C=O) groups is 1. The second kappa shape index (κ2) is 6.90. The monoisotopic (exact) mass is 284 g/mol. The third-order valence-electron chi connectivity index (χ3n) is 2.88. The third-order valence-corrected chi connectivity index (χ3v) is 3.74. The highest BCUT2D eigenvalue weighted by atomic mass is 32.1. The van der Waals surface area contributed by atoms with E-state index in [0.717, 1.165) is 22.3 Å². The molecule has 0 spiro atoms. The van der Waals surface area contributed by atoms with Crippen LogP contribution in [0.5, 0.6) is 0 Å². The minimum Gasteiger partial charge on any atom is -0.348 e. The second-order valence-corrected chi connectivity index (χ2v) is 5.06.